The van der Waals surface area contributed by atoms with Crippen molar-refractivity contribution >= 4 is 17.7 Å². The Morgan fingerprint density at radius 1 is 1.06 bits per heavy atom. The fraction of sp³-hybridized carbons (Fsp3) is 0.286. The van der Waals surface area contributed by atoms with E-state index in [1.165, 1.54) is 16.4 Å². The highest BCUT2D eigenvalue weighted by Crippen LogP contribution is 2.32. The maximum absolute atomic E-state index is 12.2. The topological polar surface area (TPSA) is 114 Å². The van der Waals surface area contributed by atoms with E-state index in [4.69, 9.17) is 20.1 Å². The largest absolute Gasteiger partial charge is 0.497 e. The fourth-order valence-electron chi connectivity index (χ4n) is 2.97. The number of methoxy groups -OCH3 is 3. The number of nitrogens with two attached hydrogens (primary N) is 1. The van der Waals surface area contributed by atoms with Crippen molar-refractivity contribution in [1.29, 1.82) is 0 Å². The monoisotopic (exact) mass is 443 g/mol. The Kier molecular flexibility index (Phi) is 7.60. The molecule has 3 rings (SSSR count). The number of thioether (sulfide) groups is 1. The average Bonchev–Trinajstić information content (AvgIpc) is 3.17. The molecule has 0 spiro atoms. The second-order valence-electron chi connectivity index (χ2n) is 6.44. The molecule has 3 aromatic rings. The summed E-state index contributed by atoms with van der Waals surface area (Å²) in [7, 11) is 4.77. The molecular weight excluding hydrogens is 418 g/mol. The number of amides is 1. The third kappa shape index (κ3) is 5.40. The maximum Gasteiger partial charge on any atom is 0.230 e. The number of aromatic nitrogens is 3. The summed E-state index contributed by atoms with van der Waals surface area (Å²) in [6.45, 7) is 0.503. The minimum absolute atomic E-state index is 0.119. The Labute approximate surface area is 184 Å². The highest BCUT2D eigenvalue weighted by molar-refractivity contribution is 7.99. The van der Waals surface area contributed by atoms with Crippen molar-refractivity contribution in [1.82, 2.24) is 20.2 Å². The van der Waals surface area contributed by atoms with E-state index < -0.39 is 0 Å². The van der Waals surface area contributed by atoms with Gasteiger partial charge in [-0.25, -0.2) is 4.68 Å². The van der Waals surface area contributed by atoms with Gasteiger partial charge >= 0.3 is 0 Å². The van der Waals surface area contributed by atoms with Gasteiger partial charge in [0.25, 0.3) is 0 Å². The molecule has 0 aliphatic heterocycles. The molecule has 1 heterocycles. The maximum atomic E-state index is 12.2. The first kappa shape index (κ1) is 22.3. The lowest BCUT2D eigenvalue weighted by Gasteiger charge is -2.10. The number of hydrogen-bond acceptors (Lipinski definition) is 8. The van der Waals surface area contributed by atoms with Crippen LogP contribution in [0.5, 0.6) is 17.2 Å². The van der Waals surface area contributed by atoms with Crippen molar-refractivity contribution in [2.24, 2.45) is 0 Å². The molecule has 164 valence electrons. The predicted molar refractivity (Wildman–Crippen MR) is 119 cm³/mol. The van der Waals surface area contributed by atoms with E-state index in [1.54, 1.807) is 39.5 Å². The number of para-hydroxylation sites is 1. The molecule has 0 radical (unpaired) electrons. The summed E-state index contributed by atoms with van der Waals surface area (Å²) in [5, 5.41) is 11.6. The fourth-order valence-corrected chi connectivity index (χ4v) is 3.66. The lowest BCUT2D eigenvalue weighted by molar-refractivity contribution is -0.118. The van der Waals surface area contributed by atoms with Gasteiger partial charge in [-0.1, -0.05) is 30.0 Å². The smallest absolute Gasteiger partial charge is 0.230 e. The van der Waals surface area contributed by atoms with E-state index in [0.29, 0.717) is 41.0 Å². The summed E-state index contributed by atoms with van der Waals surface area (Å²) in [4.78, 5) is 12.2. The molecule has 2 aromatic carbocycles. The molecular formula is C21H25N5O4S. The van der Waals surface area contributed by atoms with E-state index in [1.807, 2.05) is 24.3 Å². The molecule has 0 unspecified atom stereocenters. The number of benzene rings is 2. The molecule has 0 aliphatic rings. The summed E-state index contributed by atoms with van der Waals surface area (Å²) in [6, 6.07) is 13.1. The predicted octanol–water partition coefficient (Wildman–Crippen LogP) is 2.14. The standard InChI is InChI=1S/C21H25N5O4S/c1-28-15-8-9-16(18(12-15)30-3)20-24-25-21(26(20)22)31-13-19(27)23-11-10-14-6-4-5-7-17(14)29-2/h4-9,12H,10-11,13,22H2,1-3H3,(H,23,27). The minimum Gasteiger partial charge on any atom is -0.497 e. The highest BCUT2D eigenvalue weighted by atomic mass is 32.2. The zero-order valence-corrected chi connectivity index (χ0v) is 18.4. The number of nitrogen functional groups attached to an aromatic ring is 1. The Hall–Kier alpha value is -3.40. The lowest BCUT2D eigenvalue weighted by atomic mass is 10.1. The van der Waals surface area contributed by atoms with Gasteiger partial charge in [0, 0.05) is 12.6 Å². The Balaban J connectivity index is 1.57. The molecule has 0 aliphatic carbocycles. The zero-order valence-electron chi connectivity index (χ0n) is 17.6. The molecule has 1 amide bonds. The van der Waals surface area contributed by atoms with Crippen molar-refractivity contribution < 1.29 is 19.0 Å². The number of carbonyl (C=O) groups excluding carboxylic acids is 1. The van der Waals surface area contributed by atoms with Gasteiger partial charge in [0.2, 0.25) is 11.1 Å². The van der Waals surface area contributed by atoms with Crippen LogP contribution in [0.3, 0.4) is 0 Å². The van der Waals surface area contributed by atoms with E-state index in [0.717, 1.165) is 11.3 Å². The van der Waals surface area contributed by atoms with Gasteiger partial charge in [0.1, 0.15) is 17.2 Å². The first-order valence-electron chi connectivity index (χ1n) is 9.51. The van der Waals surface area contributed by atoms with Crippen molar-refractivity contribution in [2.75, 3.05) is 39.5 Å². The van der Waals surface area contributed by atoms with E-state index in [9.17, 15) is 4.79 Å². The van der Waals surface area contributed by atoms with Gasteiger partial charge in [-0.3, -0.25) is 4.79 Å². The Morgan fingerprint density at radius 3 is 2.58 bits per heavy atom. The van der Waals surface area contributed by atoms with E-state index >= 15 is 0 Å². The van der Waals surface area contributed by atoms with Crippen LogP contribution in [0.25, 0.3) is 11.4 Å². The highest BCUT2D eigenvalue weighted by Gasteiger charge is 2.17. The second kappa shape index (κ2) is 10.6. The number of carbonyl (C=O) groups is 1. The number of rotatable bonds is 10. The van der Waals surface area contributed by atoms with Crippen LogP contribution in [0.4, 0.5) is 0 Å². The average molecular weight is 444 g/mol. The Bertz CT molecular complexity index is 1040. The zero-order chi connectivity index (χ0) is 22.2. The summed E-state index contributed by atoms with van der Waals surface area (Å²) >= 11 is 1.21. The van der Waals surface area contributed by atoms with Gasteiger partial charge in [-0.05, 0) is 30.2 Å². The molecule has 0 atom stereocenters. The van der Waals surface area contributed by atoms with Gasteiger partial charge < -0.3 is 25.4 Å². The van der Waals surface area contributed by atoms with Crippen molar-refractivity contribution in [3.8, 4) is 28.6 Å². The molecule has 0 saturated heterocycles. The van der Waals surface area contributed by atoms with Gasteiger partial charge in [0.15, 0.2) is 5.82 Å². The van der Waals surface area contributed by atoms with Crippen LogP contribution in [0, 0.1) is 0 Å². The quantitative estimate of drug-likeness (QED) is 0.362. The van der Waals surface area contributed by atoms with E-state index in [2.05, 4.69) is 15.5 Å². The molecule has 3 N–H and O–H groups in total. The van der Waals surface area contributed by atoms with Crippen molar-refractivity contribution in [3.05, 3.63) is 48.0 Å². The number of nitrogens with zero attached hydrogens (tertiary/aromatic N) is 3. The van der Waals surface area contributed by atoms with Crippen molar-refractivity contribution in [2.45, 2.75) is 11.6 Å². The molecule has 10 heteroatoms. The number of ether oxygens (including phenoxy) is 3. The summed E-state index contributed by atoms with van der Waals surface area (Å²) in [5.74, 6) is 8.66. The number of hydrogen-bond donors (Lipinski definition) is 2. The third-order valence-corrected chi connectivity index (χ3v) is 5.50. The van der Waals surface area contributed by atoms with Gasteiger partial charge in [-0.15, -0.1) is 10.2 Å². The molecule has 1 aromatic heterocycles. The van der Waals surface area contributed by atoms with Crippen LogP contribution in [-0.2, 0) is 11.2 Å². The van der Waals surface area contributed by atoms with Crippen LogP contribution >= 0.6 is 11.8 Å². The first-order valence-corrected chi connectivity index (χ1v) is 10.5. The summed E-state index contributed by atoms with van der Waals surface area (Å²) < 4.78 is 17.3. The van der Waals surface area contributed by atoms with Crippen LogP contribution in [0.2, 0.25) is 0 Å². The van der Waals surface area contributed by atoms with Crippen LogP contribution in [0.1, 0.15) is 5.56 Å². The SMILES string of the molecule is COc1ccc(-c2nnc(SCC(=O)NCCc3ccccc3OC)n2N)c(OC)c1. The lowest BCUT2D eigenvalue weighted by Crippen LogP contribution is -2.27. The summed E-state index contributed by atoms with van der Waals surface area (Å²) in [5.41, 5.74) is 1.71. The van der Waals surface area contributed by atoms with Gasteiger partial charge in [0.05, 0.1) is 32.6 Å². The summed E-state index contributed by atoms with van der Waals surface area (Å²) in [6.07, 6.45) is 0.675. The second-order valence-corrected chi connectivity index (χ2v) is 7.39. The Morgan fingerprint density at radius 2 is 1.84 bits per heavy atom. The van der Waals surface area contributed by atoms with Crippen LogP contribution < -0.4 is 25.4 Å². The molecule has 9 nitrogen and oxygen atoms in total. The van der Waals surface area contributed by atoms with E-state index in [-0.39, 0.29) is 11.7 Å². The molecule has 0 saturated carbocycles. The molecule has 0 bridgehead atoms. The first-order chi connectivity index (χ1) is 15.1. The molecule has 0 fully saturated rings. The third-order valence-electron chi connectivity index (χ3n) is 4.56. The van der Waals surface area contributed by atoms with Crippen molar-refractivity contribution in [3.63, 3.8) is 0 Å². The van der Waals surface area contributed by atoms with Crippen LogP contribution in [0.15, 0.2) is 47.6 Å². The van der Waals surface area contributed by atoms with Gasteiger partial charge in [-0.2, -0.15) is 0 Å². The minimum atomic E-state index is -0.119. The normalized spacial score (nSPS) is 10.5. The molecule has 31 heavy (non-hydrogen) atoms. The number of nitrogens with one attached hydrogen (secondary N) is 1. The van der Waals surface area contributed by atoms with Crippen LogP contribution in [-0.4, -0.2) is 54.4 Å².